The molecule has 20 heavy (non-hydrogen) atoms. The van der Waals surface area contributed by atoms with Crippen molar-refractivity contribution in [1.29, 1.82) is 0 Å². The van der Waals surface area contributed by atoms with Gasteiger partial charge in [-0.15, -0.1) is 0 Å². The Labute approximate surface area is 114 Å². The van der Waals surface area contributed by atoms with E-state index in [9.17, 15) is 26.7 Å². The van der Waals surface area contributed by atoms with Crippen molar-refractivity contribution in [1.82, 2.24) is 4.72 Å². The molecule has 0 unspecified atom stereocenters. The van der Waals surface area contributed by atoms with Gasteiger partial charge in [-0.25, -0.2) is 26.3 Å². The van der Waals surface area contributed by atoms with Gasteiger partial charge in [-0.3, -0.25) is 0 Å². The first-order chi connectivity index (χ1) is 9.33. The molecule has 0 radical (unpaired) electrons. The van der Waals surface area contributed by atoms with Gasteiger partial charge in [0.25, 0.3) is 0 Å². The molecule has 1 aromatic carbocycles. The van der Waals surface area contributed by atoms with E-state index in [-0.39, 0.29) is 0 Å². The highest BCUT2D eigenvalue weighted by molar-refractivity contribution is 7.89. The first-order valence-electron chi connectivity index (χ1n) is 6.17. The molecule has 2 atom stereocenters. The smallest absolute Gasteiger partial charge is 0.243 e. The molecule has 0 bridgehead atoms. The molecule has 0 spiro atoms. The molecule has 0 heterocycles. The van der Waals surface area contributed by atoms with E-state index in [4.69, 9.17) is 0 Å². The van der Waals surface area contributed by atoms with Crippen LogP contribution in [0.15, 0.2) is 17.0 Å². The summed E-state index contributed by atoms with van der Waals surface area (Å²) in [5.74, 6) is -5.06. The van der Waals surface area contributed by atoms with Crippen molar-refractivity contribution in [2.24, 2.45) is 0 Å². The minimum Gasteiger partial charge on any atom is -0.391 e. The normalized spacial score (nSPS) is 23.8. The molecule has 1 aromatic rings. The van der Waals surface area contributed by atoms with Gasteiger partial charge in [0.2, 0.25) is 10.0 Å². The maximum atomic E-state index is 13.5. The van der Waals surface area contributed by atoms with Gasteiger partial charge >= 0.3 is 0 Å². The number of sulfonamides is 1. The quantitative estimate of drug-likeness (QED) is 0.835. The minimum absolute atomic E-state index is 0.408. The van der Waals surface area contributed by atoms with E-state index in [1.165, 1.54) is 0 Å². The van der Waals surface area contributed by atoms with Crippen LogP contribution in [0.25, 0.3) is 0 Å². The molecule has 0 aromatic heterocycles. The van der Waals surface area contributed by atoms with Crippen LogP contribution in [0.5, 0.6) is 0 Å². The number of aliphatic hydroxyl groups is 1. The summed E-state index contributed by atoms with van der Waals surface area (Å²) in [6.45, 7) is 0. The van der Waals surface area contributed by atoms with Gasteiger partial charge in [-0.05, 0) is 25.0 Å². The van der Waals surface area contributed by atoms with Crippen LogP contribution in [0.3, 0.4) is 0 Å². The van der Waals surface area contributed by atoms with Crippen LogP contribution in [0, 0.1) is 17.5 Å². The van der Waals surface area contributed by atoms with E-state index in [0.717, 1.165) is 12.8 Å². The Morgan fingerprint density at radius 1 is 1.10 bits per heavy atom. The largest absolute Gasteiger partial charge is 0.391 e. The molecule has 1 aliphatic rings. The van der Waals surface area contributed by atoms with Crippen molar-refractivity contribution in [3.8, 4) is 0 Å². The zero-order valence-electron chi connectivity index (χ0n) is 10.4. The van der Waals surface area contributed by atoms with Crippen LogP contribution in [-0.4, -0.2) is 25.7 Å². The average Bonchev–Trinajstić information content (AvgIpc) is 2.38. The molecular weight excluding hydrogens is 295 g/mol. The van der Waals surface area contributed by atoms with Crippen molar-refractivity contribution < 1.29 is 26.7 Å². The SMILES string of the molecule is O=S(=O)(N[C@@H]1CCCC[C@H]1O)c1ccc(F)c(F)c1F. The Hall–Kier alpha value is -1.12. The van der Waals surface area contributed by atoms with Gasteiger partial charge in [0.1, 0.15) is 4.90 Å². The van der Waals surface area contributed by atoms with Gasteiger partial charge in [0.15, 0.2) is 17.5 Å². The lowest BCUT2D eigenvalue weighted by Gasteiger charge is -2.28. The molecule has 2 rings (SSSR count). The van der Waals surface area contributed by atoms with E-state index in [1.54, 1.807) is 0 Å². The molecule has 112 valence electrons. The summed E-state index contributed by atoms with van der Waals surface area (Å²) in [5.41, 5.74) is 0. The fourth-order valence-corrected chi connectivity index (χ4v) is 3.60. The molecule has 1 fully saturated rings. The maximum Gasteiger partial charge on any atom is 0.243 e. The van der Waals surface area contributed by atoms with E-state index in [1.807, 2.05) is 0 Å². The third-order valence-electron chi connectivity index (χ3n) is 3.33. The molecular formula is C12H14F3NO3S. The number of aliphatic hydroxyl groups excluding tert-OH is 1. The topological polar surface area (TPSA) is 66.4 Å². The second-order valence-electron chi connectivity index (χ2n) is 4.75. The summed E-state index contributed by atoms with van der Waals surface area (Å²) < 4.78 is 65.5. The molecule has 0 aliphatic heterocycles. The van der Waals surface area contributed by atoms with Crippen molar-refractivity contribution in [2.75, 3.05) is 0 Å². The number of hydrogen-bond donors (Lipinski definition) is 2. The second kappa shape index (κ2) is 5.71. The number of hydrogen-bond acceptors (Lipinski definition) is 3. The number of halogens is 3. The third kappa shape index (κ3) is 2.97. The van der Waals surface area contributed by atoms with Crippen LogP contribution in [0.4, 0.5) is 13.2 Å². The Morgan fingerprint density at radius 3 is 2.40 bits per heavy atom. The van der Waals surface area contributed by atoms with Crippen LogP contribution in [-0.2, 0) is 10.0 Å². The van der Waals surface area contributed by atoms with Crippen molar-refractivity contribution in [3.63, 3.8) is 0 Å². The fraction of sp³-hybridized carbons (Fsp3) is 0.500. The van der Waals surface area contributed by atoms with Gasteiger partial charge < -0.3 is 5.11 Å². The van der Waals surface area contributed by atoms with Gasteiger partial charge in [-0.1, -0.05) is 12.8 Å². The lowest BCUT2D eigenvalue weighted by atomic mass is 9.93. The number of rotatable bonds is 3. The van der Waals surface area contributed by atoms with Crippen LogP contribution in [0.2, 0.25) is 0 Å². The van der Waals surface area contributed by atoms with E-state index >= 15 is 0 Å². The molecule has 1 saturated carbocycles. The van der Waals surface area contributed by atoms with Crippen LogP contribution in [0.1, 0.15) is 25.7 Å². The lowest BCUT2D eigenvalue weighted by molar-refractivity contribution is 0.101. The standard InChI is InChI=1S/C12H14F3NO3S/c13-7-5-6-10(12(15)11(7)14)20(18,19)16-8-3-1-2-4-9(8)17/h5-6,8-9,16-17H,1-4H2/t8-,9-/m1/s1. The van der Waals surface area contributed by atoms with Gasteiger partial charge in [0.05, 0.1) is 6.10 Å². The molecule has 1 aliphatic carbocycles. The summed E-state index contributed by atoms with van der Waals surface area (Å²) >= 11 is 0. The van der Waals surface area contributed by atoms with Crippen LogP contribution >= 0.6 is 0 Å². The molecule has 0 saturated heterocycles. The Bertz CT molecular complexity index is 606. The van der Waals surface area contributed by atoms with E-state index in [2.05, 4.69) is 4.72 Å². The summed E-state index contributed by atoms with van der Waals surface area (Å²) in [4.78, 5) is -0.964. The second-order valence-corrected chi connectivity index (χ2v) is 6.44. The summed E-state index contributed by atoms with van der Waals surface area (Å²) in [6, 6.07) is 0.455. The van der Waals surface area contributed by atoms with E-state index in [0.29, 0.717) is 25.0 Å². The number of benzene rings is 1. The Morgan fingerprint density at radius 2 is 1.75 bits per heavy atom. The lowest BCUT2D eigenvalue weighted by Crippen LogP contribution is -2.45. The van der Waals surface area contributed by atoms with Crippen molar-refractivity contribution in [3.05, 3.63) is 29.6 Å². The molecule has 8 heteroatoms. The van der Waals surface area contributed by atoms with Crippen molar-refractivity contribution in [2.45, 2.75) is 42.7 Å². The predicted molar refractivity (Wildman–Crippen MR) is 64.9 cm³/mol. The summed E-state index contributed by atoms with van der Waals surface area (Å²) in [7, 11) is -4.35. The van der Waals surface area contributed by atoms with Crippen molar-refractivity contribution >= 4 is 10.0 Å². The molecule has 0 amide bonds. The highest BCUT2D eigenvalue weighted by Gasteiger charge is 2.30. The summed E-state index contributed by atoms with van der Waals surface area (Å²) in [5, 5.41) is 9.69. The van der Waals surface area contributed by atoms with Gasteiger partial charge in [-0.2, -0.15) is 0 Å². The Kier molecular flexibility index (Phi) is 4.36. The molecule has 4 nitrogen and oxygen atoms in total. The highest BCUT2D eigenvalue weighted by Crippen LogP contribution is 2.23. The Balaban J connectivity index is 2.29. The fourth-order valence-electron chi connectivity index (χ4n) is 2.23. The third-order valence-corrected chi connectivity index (χ3v) is 4.83. The average molecular weight is 309 g/mol. The zero-order valence-corrected chi connectivity index (χ0v) is 11.3. The predicted octanol–water partition coefficient (Wildman–Crippen LogP) is 1.69. The first-order valence-corrected chi connectivity index (χ1v) is 7.65. The first kappa shape index (κ1) is 15.3. The van der Waals surface area contributed by atoms with Gasteiger partial charge in [0, 0.05) is 6.04 Å². The van der Waals surface area contributed by atoms with E-state index < -0.39 is 44.5 Å². The highest BCUT2D eigenvalue weighted by atomic mass is 32.2. The zero-order chi connectivity index (χ0) is 14.9. The minimum atomic E-state index is -4.35. The monoisotopic (exact) mass is 309 g/mol. The summed E-state index contributed by atoms with van der Waals surface area (Å²) in [6.07, 6.45) is 1.48. The van der Waals surface area contributed by atoms with Crippen LogP contribution < -0.4 is 4.72 Å². The number of nitrogens with one attached hydrogen (secondary N) is 1. The molecule has 2 N–H and O–H groups in total. The maximum absolute atomic E-state index is 13.5.